The van der Waals surface area contributed by atoms with Gasteiger partial charge in [-0.25, -0.2) is 4.79 Å². The maximum Gasteiger partial charge on any atom is 0.356 e. The van der Waals surface area contributed by atoms with Crippen LogP contribution in [-0.2, 0) is 14.3 Å². The second-order valence-electron chi connectivity index (χ2n) is 7.49. The number of H-pyrrole nitrogens is 1. The summed E-state index contributed by atoms with van der Waals surface area (Å²) in [5.74, 6) is 0.462. The number of morpholine rings is 1. The number of nitrogens with one attached hydrogen (secondary N) is 3. The maximum absolute atomic E-state index is 12.8. The Kier molecular flexibility index (Phi) is 5.33. The van der Waals surface area contributed by atoms with Gasteiger partial charge in [0.25, 0.3) is 5.91 Å². The largest absolute Gasteiger partial charge is 0.461 e. The van der Waals surface area contributed by atoms with Crippen molar-refractivity contribution in [2.45, 2.75) is 33.0 Å². The van der Waals surface area contributed by atoms with Gasteiger partial charge in [0.15, 0.2) is 18.0 Å². The zero-order valence-electron chi connectivity index (χ0n) is 16.8. The van der Waals surface area contributed by atoms with E-state index < -0.39 is 5.97 Å². The van der Waals surface area contributed by atoms with Crippen LogP contribution in [-0.4, -0.2) is 62.1 Å². The molecule has 0 aliphatic carbocycles. The predicted octanol–water partition coefficient (Wildman–Crippen LogP) is 0.704. The number of quaternary nitrogens is 1. The molecule has 4 rings (SSSR count). The van der Waals surface area contributed by atoms with E-state index >= 15 is 0 Å². The van der Waals surface area contributed by atoms with E-state index in [9.17, 15) is 9.59 Å². The van der Waals surface area contributed by atoms with E-state index in [4.69, 9.17) is 18.9 Å². The van der Waals surface area contributed by atoms with Crippen molar-refractivity contribution < 1.29 is 33.4 Å². The molecule has 3 heterocycles. The highest BCUT2D eigenvalue weighted by Crippen LogP contribution is 2.39. The quantitative estimate of drug-likeness (QED) is 0.634. The number of hydrogen-bond donors (Lipinski definition) is 3. The van der Waals surface area contributed by atoms with Gasteiger partial charge in [-0.15, -0.1) is 0 Å². The number of aromatic nitrogens is 1. The van der Waals surface area contributed by atoms with Gasteiger partial charge in [-0.1, -0.05) is 0 Å². The molecule has 0 spiro atoms. The molecule has 1 unspecified atom stereocenters. The molecule has 1 fully saturated rings. The lowest BCUT2D eigenvalue weighted by molar-refractivity contribution is -0.907. The number of carbonyl (C=O) groups excluding carboxylic acids is 2. The normalized spacial score (nSPS) is 23.2. The summed E-state index contributed by atoms with van der Waals surface area (Å²) in [6.45, 7) is 7.94. The third-order valence-electron chi connectivity index (χ3n) is 5.06. The SMILES string of the molecule is CCOC(=O)c1[nH]c2cc3c(cc2c1NC(=O)C[NH+]1C[C@@H](C)O[C@@H](C)C1)OCO3. The van der Waals surface area contributed by atoms with Crippen molar-refractivity contribution in [3.63, 3.8) is 0 Å². The van der Waals surface area contributed by atoms with Gasteiger partial charge in [-0.3, -0.25) is 4.79 Å². The molecule has 1 saturated heterocycles. The number of carbonyl (C=O) groups is 2. The zero-order chi connectivity index (χ0) is 20.5. The molecule has 1 aromatic carbocycles. The first-order valence-corrected chi connectivity index (χ1v) is 9.86. The third kappa shape index (κ3) is 4.01. The Bertz CT molecular complexity index is 930. The van der Waals surface area contributed by atoms with Crippen LogP contribution in [0.3, 0.4) is 0 Å². The topological polar surface area (TPSA) is 103 Å². The molecule has 9 nitrogen and oxygen atoms in total. The first-order valence-electron chi connectivity index (χ1n) is 9.86. The molecular weight excluding hydrogens is 378 g/mol. The average molecular weight is 404 g/mol. The van der Waals surface area contributed by atoms with E-state index in [1.165, 1.54) is 0 Å². The first-order chi connectivity index (χ1) is 13.9. The van der Waals surface area contributed by atoms with E-state index in [0.717, 1.165) is 18.0 Å². The summed E-state index contributed by atoms with van der Waals surface area (Å²) in [7, 11) is 0. The Morgan fingerprint density at radius 2 is 1.90 bits per heavy atom. The van der Waals surface area contributed by atoms with Crippen molar-refractivity contribution in [3.8, 4) is 11.5 Å². The summed E-state index contributed by atoms with van der Waals surface area (Å²) in [6.07, 6.45) is 0.203. The molecule has 0 bridgehead atoms. The smallest absolute Gasteiger partial charge is 0.356 e. The van der Waals surface area contributed by atoms with Crippen molar-refractivity contribution in [3.05, 3.63) is 17.8 Å². The van der Waals surface area contributed by atoms with Gasteiger partial charge in [0, 0.05) is 11.5 Å². The van der Waals surface area contributed by atoms with Crippen LogP contribution in [0.15, 0.2) is 12.1 Å². The lowest BCUT2D eigenvalue weighted by Crippen LogP contribution is -3.16. The second-order valence-corrected chi connectivity index (χ2v) is 7.49. The minimum absolute atomic E-state index is 0.101. The Labute approximate surface area is 168 Å². The minimum atomic E-state index is -0.526. The molecule has 29 heavy (non-hydrogen) atoms. The van der Waals surface area contributed by atoms with Gasteiger partial charge < -0.3 is 34.1 Å². The van der Waals surface area contributed by atoms with Crippen LogP contribution in [0.4, 0.5) is 5.69 Å². The molecule has 2 aliphatic heterocycles. The van der Waals surface area contributed by atoms with Crippen LogP contribution < -0.4 is 19.7 Å². The van der Waals surface area contributed by atoms with E-state index in [1.54, 1.807) is 19.1 Å². The molecule has 3 N–H and O–H groups in total. The number of amides is 1. The molecule has 2 aliphatic rings. The number of hydrogen-bond acceptors (Lipinski definition) is 6. The van der Waals surface area contributed by atoms with Crippen LogP contribution in [0.1, 0.15) is 31.3 Å². The Balaban J connectivity index is 1.61. The molecule has 1 aromatic heterocycles. The molecule has 2 aromatic rings. The Morgan fingerprint density at radius 3 is 2.59 bits per heavy atom. The Morgan fingerprint density at radius 1 is 1.21 bits per heavy atom. The number of fused-ring (bicyclic) bond motifs is 2. The average Bonchev–Trinajstić information content (AvgIpc) is 3.23. The van der Waals surface area contributed by atoms with Crippen LogP contribution in [0.25, 0.3) is 10.9 Å². The highest BCUT2D eigenvalue weighted by atomic mass is 16.7. The molecule has 9 heteroatoms. The molecule has 156 valence electrons. The van der Waals surface area contributed by atoms with Gasteiger partial charge in [0.2, 0.25) is 6.79 Å². The van der Waals surface area contributed by atoms with Gasteiger partial charge in [0.05, 0.1) is 17.8 Å². The van der Waals surface area contributed by atoms with Gasteiger partial charge in [0.1, 0.15) is 31.0 Å². The number of benzene rings is 1. The fraction of sp³-hybridized carbons (Fsp3) is 0.500. The van der Waals surface area contributed by atoms with Crippen LogP contribution >= 0.6 is 0 Å². The summed E-state index contributed by atoms with van der Waals surface area (Å²) in [5, 5.41) is 3.58. The summed E-state index contributed by atoms with van der Waals surface area (Å²) in [6, 6.07) is 3.52. The van der Waals surface area contributed by atoms with Crippen molar-refractivity contribution in [1.82, 2.24) is 4.98 Å². The minimum Gasteiger partial charge on any atom is -0.461 e. The lowest BCUT2D eigenvalue weighted by atomic mass is 10.2. The van der Waals surface area contributed by atoms with Crippen LogP contribution in [0, 0.1) is 0 Å². The maximum atomic E-state index is 12.8. The zero-order valence-corrected chi connectivity index (χ0v) is 16.8. The van der Waals surface area contributed by atoms with Crippen molar-refractivity contribution >= 4 is 28.5 Å². The highest BCUT2D eigenvalue weighted by molar-refractivity contribution is 6.11. The summed E-state index contributed by atoms with van der Waals surface area (Å²) in [5.41, 5.74) is 1.27. The summed E-state index contributed by atoms with van der Waals surface area (Å²) in [4.78, 5) is 29.5. The van der Waals surface area contributed by atoms with E-state index in [2.05, 4.69) is 10.3 Å². The molecule has 1 amide bonds. The molecule has 0 radical (unpaired) electrons. The Hall–Kier alpha value is -2.78. The van der Waals surface area contributed by atoms with Crippen molar-refractivity contribution in [1.29, 1.82) is 0 Å². The molecule has 3 atom stereocenters. The third-order valence-corrected chi connectivity index (χ3v) is 5.06. The second kappa shape index (κ2) is 7.92. The van der Waals surface area contributed by atoms with Crippen molar-refractivity contribution in [2.24, 2.45) is 0 Å². The molecule has 0 saturated carbocycles. The number of ether oxygens (including phenoxy) is 4. The fourth-order valence-electron chi connectivity index (χ4n) is 4.01. The summed E-state index contributed by atoms with van der Waals surface area (Å²) < 4.78 is 21.7. The monoisotopic (exact) mass is 404 g/mol. The number of anilines is 1. The van der Waals surface area contributed by atoms with Crippen LogP contribution in [0.5, 0.6) is 11.5 Å². The number of rotatable bonds is 5. The van der Waals surface area contributed by atoms with Crippen molar-refractivity contribution in [2.75, 3.05) is 38.4 Å². The van der Waals surface area contributed by atoms with Gasteiger partial charge >= 0.3 is 5.97 Å². The van der Waals surface area contributed by atoms with E-state index in [1.807, 2.05) is 13.8 Å². The standard InChI is InChI=1S/C20H25N3O6/c1-4-26-20(25)19-18(13-5-15-16(28-10-27-15)6-14(13)21-19)22-17(24)9-23-7-11(2)29-12(3)8-23/h5-6,11-12,21H,4,7-10H2,1-3H3,(H,22,24)/p+1/t11-,12+. The van der Waals surface area contributed by atoms with Gasteiger partial charge in [-0.05, 0) is 26.8 Å². The number of esters is 1. The summed E-state index contributed by atoms with van der Waals surface area (Å²) >= 11 is 0. The molecular formula is C20H26N3O6+. The highest BCUT2D eigenvalue weighted by Gasteiger charge is 2.29. The lowest BCUT2D eigenvalue weighted by Gasteiger charge is -2.31. The van der Waals surface area contributed by atoms with E-state index in [-0.39, 0.29) is 43.8 Å². The fourth-order valence-corrected chi connectivity index (χ4v) is 4.01. The first kappa shape index (κ1) is 19.5. The van der Waals surface area contributed by atoms with E-state index in [0.29, 0.717) is 28.1 Å². The van der Waals surface area contributed by atoms with Crippen LogP contribution in [0.2, 0.25) is 0 Å². The van der Waals surface area contributed by atoms with Gasteiger partial charge in [-0.2, -0.15) is 0 Å². The number of aromatic amines is 1. The predicted molar refractivity (Wildman–Crippen MR) is 105 cm³/mol.